The number of aliphatic hydroxyl groups is 1. The van der Waals surface area contributed by atoms with Crippen LogP contribution >= 0.6 is 0 Å². The maximum atomic E-state index is 10.8. The molecule has 1 N–H and O–H groups in total. The molecule has 0 bridgehead atoms. The van der Waals surface area contributed by atoms with Crippen LogP contribution in [0.2, 0.25) is 19.6 Å². The van der Waals surface area contributed by atoms with Crippen LogP contribution in [0.15, 0.2) is 24.3 Å². The van der Waals surface area contributed by atoms with Gasteiger partial charge in [-0.1, -0.05) is 49.1 Å². The summed E-state index contributed by atoms with van der Waals surface area (Å²) >= 11 is 0. The molecule has 2 atom stereocenters. The van der Waals surface area contributed by atoms with Crippen LogP contribution in [-0.4, -0.2) is 49.3 Å². The first-order chi connectivity index (χ1) is 10.5. The molecule has 0 spiro atoms. The predicted octanol–water partition coefficient (Wildman–Crippen LogP) is 2.23. The van der Waals surface area contributed by atoms with Gasteiger partial charge in [0.05, 0.1) is 13.7 Å². The van der Waals surface area contributed by atoms with E-state index in [0.717, 1.165) is 5.56 Å². The van der Waals surface area contributed by atoms with E-state index < -0.39 is 13.7 Å². The fourth-order valence-electron chi connectivity index (χ4n) is 3.05. The van der Waals surface area contributed by atoms with Crippen LogP contribution in [0.1, 0.15) is 26.3 Å². The molecule has 2 aliphatic rings. The molecule has 4 nitrogen and oxygen atoms in total. The number of nitrogens with zero attached hydrogens (tertiary/aromatic N) is 1. The number of β-amino-alcohol motifs (C(OH)–C–C–N with tert-alkyl or cyclic N) is 1. The van der Waals surface area contributed by atoms with Gasteiger partial charge in [0, 0.05) is 13.1 Å². The minimum absolute atomic E-state index is 0.00393. The average Bonchev–Trinajstić information content (AvgIpc) is 3.10. The lowest BCUT2D eigenvalue weighted by atomic mass is 9.86. The Morgan fingerprint density at radius 3 is 2.22 bits per heavy atom. The van der Waals surface area contributed by atoms with Gasteiger partial charge >= 0.3 is 0 Å². The van der Waals surface area contributed by atoms with Crippen molar-refractivity contribution in [3.8, 4) is 0 Å². The topological polar surface area (TPSA) is 45.2 Å². The van der Waals surface area contributed by atoms with Crippen LogP contribution in [0.5, 0.6) is 0 Å². The maximum Gasteiger partial charge on any atom is 0.200 e. The highest BCUT2D eigenvalue weighted by atomic mass is 28.3. The van der Waals surface area contributed by atoms with E-state index in [1.54, 1.807) is 0 Å². The van der Waals surface area contributed by atoms with Crippen molar-refractivity contribution < 1.29 is 14.6 Å². The molecule has 3 rings (SSSR count). The summed E-state index contributed by atoms with van der Waals surface area (Å²) in [6, 6.07) is 8.53. The van der Waals surface area contributed by atoms with E-state index >= 15 is 0 Å². The van der Waals surface area contributed by atoms with Crippen molar-refractivity contribution >= 4 is 13.3 Å². The first-order valence-corrected chi connectivity index (χ1v) is 11.9. The maximum absolute atomic E-state index is 10.8. The normalized spacial score (nSPS) is 27.6. The largest absolute Gasteiger partial charge is 0.382 e. The molecule has 2 unspecified atom stereocenters. The zero-order chi connectivity index (χ0) is 17.0. The Bertz CT molecular complexity index is 567. The van der Waals surface area contributed by atoms with Crippen LogP contribution in [0.4, 0.5) is 0 Å². The lowest BCUT2D eigenvalue weighted by Crippen LogP contribution is -2.60. The number of hydrogen-bond donors (Lipinski definition) is 1. The Balaban J connectivity index is 1.58. The van der Waals surface area contributed by atoms with E-state index in [1.165, 1.54) is 5.19 Å². The number of likely N-dealkylation sites (tertiary alicyclic amines) is 1. The molecule has 2 saturated heterocycles. The molecule has 2 heterocycles. The fraction of sp³-hybridized carbons (Fsp3) is 0.667. The molecule has 23 heavy (non-hydrogen) atoms. The van der Waals surface area contributed by atoms with Gasteiger partial charge in [-0.25, -0.2) is 0 Å². The third-order valence-corrected chi connectivity index (χ3v) is 6.54. The van der Waals surface area contributed by atoms with Crippen molar-refractivity contribution in [2.45, 2.75) is 64.1 Å². The fourth-order valence-corrected chi connectivity index (χ4v) is 4.22. The van der Waals surface area contributed by atoms with Crippen LogP contribution in [0.25, 0.3) is 0 Å². The number of epoxide rings is 1. The van der Waals surface area contributed by atoms with Gasteiger partial charge in [-0.15, -0.1) is 0 Å². The number of benzene rings is 1. The molecular weight excluding hydrogens is 306 g/mol. The molecule has 0 saturated carbocycles. The smallest absolute Gasteiger partial charge is 0.200 e. The van der Waals surface area contributed by atoms with Gasteiger partial charge in [0.1, 0.15) is 5.60 Å². The highest BCUT2D eigenvalue weighted by Crippen LogP contribution is 2.40. The molecule has 1 aromatic carbocycles. The van der Waals surface area contributed by atoms with Gasteiger partial charge in [-0.05, 0) is 26.3 Å². The van der Waals surface area contributed by atoms with Gasteiger partial charge in [0.25, 0.3) is 0 Å². The minimum Gasteiger partial charge on any atom is -0.382 e. The SMILES string of the molecule is CC(C)(C)OC1OC1N1CC(O)(c2ccc([Si](C)(C)C)cc2)C1. The lowest BCUT2D eigenvalue weighted by molar-refractivity contribution is -0.122. The van der Waals surface area contributed by atoms with E-state index in [0.29, 0.717) is 13.1 Å². The first kappa shape index (κ1) is 17.1. The predicted molar refractivity (Wildman–Crippen MR) is 94.4 cm³/mol. The summed E-state index contributed by atoms with van der Waals surface area (Å²) in [5.41, 5.74) is 0.0494. The van der Waals surface area contributed by atoms with Crippen LogP contribution in [0, 0.1) is 0 Å². The van der Waals surface area contributed by atoms with Crippen LogP contribution in [-0.2, 0) is 15.1 Å². The van der Waals surface area contributed by atoms with Crippen molar-refractivity contribution in [2.75, 3.05) is 13.1 Å². The Kier molecular flexibility index (Phi) is 4.01. The summed E-state index contributed by atoms with van der Waals surface area (Å²) < 4.78 is 11.4. The first-order valence-electron chi connectivity index (χ1n) is 8.39. The monoisotopic (exact) mass is 335 g/mol. The van der Waals surface area contributed by atoms with Crippen LogP contribution in [0.3, 0.4) is 0 Å². The van der Waals surface area contributed by atoms with Crippen LogP contribution < -0.4 is 5.19 Å². The Hall–Kier alpha value is -0.723. The number of rotatable bonds is 4. The molecule has 128 valence electrons. The summed E-state index contributed by atoms with van der Waals surface area (Å²) in [7, 11) is -1.29. The van der Waals surface area contributed by atoms with Gasteiger partial charge in [0.2, 0.25) is 0 Å². The second kappa shape index (κ2) is 5.39. The van der Waals surface area contributed by atoms with Crippen molar-refractivity contribution in [1.82, 2.24) is 4.90 Å². The third kappa shape index (κ3) is 3.69. The van der Waals surface area contributed by atoms with E-state index in [2.05, 4.69) is 48.8 Å². The molecule has 2 fully saturated rings. The van der Waals surface area contributed by atoms with E-state index in [1.807, 2.05) is 20.8 Å². The van der Waals surface area contributed by atoms with Crippen molar-refractivity contribution in [1.29, 1.82) is 0 Å². The van der Waals surface area contributed by atoms with Gasteiger partial charge in [-0.3, -0.25) is 4.90 Å². The summed E-state index contributed by atoms with van der Waals surface area (Å²) in [6.45, 7) is 14.3. The summed E-state index contributed by atoms with van der Waals surface area (Å²) in [5.74, 6) is 0. The Morgan fingerprint density at radius 1 is 1.17 bits per heavy atom. The molecule has 2 aliphatic heterocycles. The molecule has 0 aliphatic carbocycles. The molecular formula is C18H29NO3Si. The zero-order valence-electron chi connectivity index (χ0n) is 15.1. The van der Waals surface area contributed by atoms with E-state index in [4.69, 9.17) is 9.47 Å². The Labute approximate surface area is 140 Å². The van der Waals surface area contributed by atoms with Crippen molar-refractivity contribution in [3.05, 3.63) is 29.8 Å². The standard InChI is InChI=1S/C18H29NO3Si/c1-17(2,3)22-16-15(21-16)19-11-18(20,12-19)13-7-9-14(10-8-13)23(4,5)6/h7-10,15-16,20H,11-12H2,1-6H3. The number of hydrogen-bond acceptors (Lipinski definition) is 4. The highest BCUT2D eigenvalue weighted by Gasteiger charge is 2.55. The minimum atomic E-state index is -1.29. The molecule has 1 aromatic rings. The Morgan fingerprint density at radius 2 is 1.74 bits per heavy atom. The van der Waals surface area contributed by atoms with Gasteiger partial charge in [0.15, 0.2) is 12.5 Å². The molecule has 5 heteroatoms. The molecule has 0 radical (unpaired) electrons. The van der Waals surface area contributed by atoms with Gasteiger partial charge < -0.3 is 14.6 Å². The number of ether oxygens (including phenoxy) is 2. The lowest BCUT2D eigenvalue weighted by Gasteiger charge is -2.46. The highest BCUT2D eigenvalue weighted by molar-refractivity contribution is 6.88. The second-order valence-electron chi connectivity index (χ2n) is 8.89. The summed E-state index contributed by atoms with van der Waals surface area (Å²) in [5, 5.41) is 12.2. The summed E-state index contributed by atoms with van der Waals surface area (Å²) in [6.07, 6.45) is -0.162. The average molecular weight is 336 g/mol. The van der Waals surface area contributed by atoms with Crippen molar-refractivity contribution in [2.24, 2.45) is 0 Å². The zero-order valence-corrected chi connectivity index (χ0v) is 16.1. The molecule has 0 aromatic heterocycles. The third-order valence-electron chi connectivity index (χ3n) is 4.48. The quantitative estimate of drug-likeness (QED) is 0.677. The van der Waals surface area contributed by atoms with E-state index in [9.17, 15) is 5.11 Å². The summed E-state index contributed by atoms with van der Waals surface area (Å²) in [4.78, 5) is 2.14. The second-order valence-corrected chi connectivity index (χ2v) is 14.0. The molecule has 0 amide bonds. The van der Waals surface area contributed by atoms with Crippen molar-refractivity contribution in [3.63, 3.8) is 0 Å². The van der Waals surface area contributed by atoms with E-state index in [-0.39, 0.29) is 18.1 Å². The van der Waals surface area contributed by atoms with Gasteiger partial charge in [-0.2, -0.15) is 0 Å².